The second-order valence-corrected chi connectivity index (χ2v) is 4.91. The number of carbonyl (C=O) groups excluding carboxylic acids is 3. The third kappa shape index (κ3) is 5.86. The number of hydrogen-bond acceptors (Lipinski definition) is 4. The molecule has 4 nitrogen and oxygen atoms in total. The Morgan fingerprint density at radius 1 is 1.24 bits per heavy atom. The Balaban J connectivity index is 4.48. The minimum absolute atomic E-state index is 0.00464. The molecule has 0 saturated heterocycles. The number of thioether (sulfide) groups is 1. The third-order valence-electron chi connectivity index (χ3n) is 2.60. The number of nitrogens with zero attached hydrogens (tertiary/aromatic N) is 1. The maximum absolute atomic E-state index is 11.8. The molecule has 0 N–H and O–H groups in total. The molecular formula is C12H21NO3S. The van der Waals surface area contributed by atoms with Gasteiger partial charge in [-0.2, -0.15) is 11.8 Å². The zero-order valence-electron chi connectivity index (χ0n) is 11.0. The van der Waals surface area contributed by atoms with Crippen LogP contribution in [0.3, 0.4) is 0 Å². The SMILES string of the molecule is CCC(=O)[C@H](CSC)N(C)C(=O)CCC(C)=O. The van der Waals surface area contributed by atoms with E-state index in [1.807, 2.05) is 6.26 Å². The molecule has 0 aromatic carbocycles. The molecule has 5 heteroatoms. The summed E-state index contributed by atoms with van der Waals surface area (Å²) in [7, 11) is 1.64. The van der Waals surface area contributed by atoms with Crippen molar-refractivity contribution in [3.05, 3.63) is 0 Å². The van der Waals surface area contributed by atoms with Crippen molar-refractivity contribution in [1.29, 1.82) is 0 Å². The minimum Gasteiger partial charge on any atom is -0.335 e. The van der Waals surface area contributed by atoms with Crippen LogP contribution in [0, 0.1) is 0 Å². The summed E-state index contributed by atoms with van der Waals surface area (Å²) in [6.07, 6.45) is 2.77. The Morgan fingerprint density at radius 2 is 1.82 bits per heavy atom. The largest absolute Gasteiger partial charge is 0.335 e. The zero-order valence-corrected chi connectivity index (χ0v) is 11.8. The van der Waals surface area contributed by atoms with Gasteiger partial charge in [0.15, 0.2) is 5.78 Å². The molecule has 0 aliphatic heterocycles. The molecule has 0 aliphatic rings. The zero-order chi connectivity index (χ0) is 13.4. The molecule has 0 spiro atoms. The van der Waals surface area contributed by atoms with Gasteiger partial charge in [0, 0.05) is 32.1 Å². The highest BCUT2D eigenvalue weighted by molar-refractivity contribution is 7.98. The lowest BCUT2D eigenvalue weighted by Gasteiger charge is -2.26. The van der Waals surface area contributed by atoms with E-state index in [4.69, 9.17) is 0 Å². The Morgan fingerprint density at radius 3 is 2.24 bits per heavy atom. The number of Topliss-reactive ketones (excluding diaryl/α,β-unsaturated/α-hetero) is 2. The summed E-state index contributed by atoms with van der Waals surface area (Å²) in [6, 6.07) is -0.366. The van der Waals surface area contributed by atoms with Crippen LogP contribution < -0.4 is 0 Å². The third-order valence-corrected chi connectivity index (χ3v) is 3.25. The number of rotatable bonds is 8. The molecule has 0 unspecified atom stereocenters. The minimum atomic E-state index is -0.366. The normalized spacial score (nSPS) is 12.0. The highest BCUT2D eigenvalue weighted by Gasteiger charge is 2.24. The van der Waals surface area contributed by atoms with Crippen molar-refractivity contribution in [2.75, 3.05) is 19.1 Å². The highest BCUT2D eigenvalue weighted by atomic mass is 32.2. The molecule has 0 saturated carbocycles. The van der Waals surface area contributed by atoms with Crippen molar-refractivity contribution >= 4 is 29.2 Å². The second kappa shape index (κ2) is 8.28. The van der Waals surface area contributed by atoms with Crippen LogP contribution in [0.2, 0.25) is 0 Å². The lowest BCUT2D eigenvalue weighted by atomic mass is 10.1. The maximum atomic E-state index is 11.8. The fourth-order valence-corrected chi connectivity index (χ4v) is 2.17. The van der Waals surface area contributed by atoms with E-state index in [2.05, 4.69) is 0 Å². The molecule has 17 heavy (non-hydrogen) atoms. The van der Waals surface area contributed by atoms with Gasteiger partial charge in [-0.05, 0) is 13.2 Å². The Hall–Kier alpha value is -0.840. The molecule has 0 aliphatic carbocycles. The first-order chi connectivity index (χ1) is 7.93. The standard InChI is InChI=1S/C12H21NO3S/c1-5-11(15)10(8-17-4)13(3)12(16)7-6-9(2)14/h10H,5-8H2,1-4H3/t10-/m0/s1. The summed E-state index contributed by atoms with van der Waals surface area (Å²) in [4.78, 5) is 35.8. The number of likely N-dealkylation sites (N-methyl/N-ethyl adjacent to an activating group) is 1. The smallest absolute Gasteiger partial charge is 0.223 e. The first-order valence-corrected chi connectivity index (χ1v) is 7.10. The highest BCUT2D eigenvalue weighted by Crippen LogP contribution is 2.10. The molecule has 0 rings (SSSR count). The van der Waals surface area contributed by atoms with Gasteiger partial charge in [-0.1, -0.05) is 6.92 Å². The van der Waals surface area contributed by atoms with E-state index in [9.17, 15) is 14.4 Å². The number of amides is 1. The Labute approximate surface area is 107 Å². The predicted octanol–water partition coefficient (Wildman–Crippen LogP) is 1.52. The quantitative estimate of drug-likeness (QED) is 0.663. The van der Waals surface area contributed by atoms with Crippen LogP contribution in [0.1, 0.15) is 33.1 Å². The molecule has 0 bridgehead atoms. The van der Waals surface area contributed by atoms with Gasteiger partial charge >= 0.3 is 0 Å². The molecule has 1 atom stereocenters. The van der Waals surface area contributed by atoms with Crippen molar-refractivity contribution in [1.82, 2.24) is 4.90 Å². The van der Waals surface area contributed by atoms with E-state index in [1.165, 1.54) is 11.8 Å². The van der Waals surface area contributed by atoms with Crippen molar-refractivity contribution < 1.29 is 14.4 Å². The van der Waals surface area contributed by atoms with Crippen molar-refractivity contribution in [2.24, 2.45) is 0 Å². The fourth-order valence-electron chi connectivity index (χ4n) is 1.45. The van der Waals surface area contributed by atoms with Gasteiger partial charge in [0.25, 0.3) is 0 Å². The fraction of sp³-hybridized carbons (Fsp3) is 0.750. The summed E-state index contributed by atoms with van der Waals surface area (Å²) in [5, 5.41) is 0. The van der Waals surface area contributed by atoms with Gasteiger partial charge in [-0.15, -0.1) is 0 Å². The summed E-state index contributed by atoms with van der Waals surface area (Å²) in [6.45, 7) is 3.26. The molecule has 98 valence electrons. The van der Waals surface area contributed by atoms with Gasteiger partial charge in [0.1, 0.15) is 5.78 Å². The first-order valence-electron chi connectivity index (χ1n) is 5.70. The monoisotopic (exact) mass is 259 g/mol. The van der Waals surface area contributed by atoms with E-state index in [0.717, 1.165) is 0 Å². The Kier molecular flexibility index (Phi) is 7.87. The summed E-state index contributed by atoms with van der Waals surface area (Å²) in [5.41, 5.74) is 0. The van der Waals surface area contributed by atoms with Crippen molar-refractivity contribution in [3.8, 4) is 0 Å². The molecule has 0 fully saturated rings. The van der Waals surface area contributed by atoms with Crippen LogP contribution in [0.25, 0.3) is 0 Å². The summed E-state index contributed by atoms with van der Waals surface area (Å²) < 4.78 is 0. The van der Waals surface area contributed by atoms with Gasteiger partial charge < -0.3 is 9.69 Å². The molecule has 0 radical (unpaired) electrons. The number of hydrogen-bond donors (Lipinski definition) is 0. The van der Waals surface area contributed by atoms with E-state index in [0.29, 0.717) is 12.2 Å². The number of ketones is 2. The number of carbonyl (C=O) groups is 3. The van der Waals surface area contributed by atoms with Crippen LogP contribution in [0.15, 0.2) is 0 Å². The van der Waals surface area contributed by atoms with E-state index < -0.39 is 0 Å². The molecular weight excluding hydrogens is 238 g/mol. The first kappa shape index (κ1) is 16.2. The molecule has 0 aromatic heterocycles. The van der Waals surface area contributed by atoms with Gasteiger partial charge in [-0.25, -0.2) is 0 Å². The van der Waals surface area contributed by atoms with Gasteiger partial charge in [0.2, 0.25) is 5.91 Å². The maximum Gasteiger partial charge on any atom is 0.223 e. The molecule has 1 amide bonds. The molecule has 0 heterocycles. The molecule has 0 aromatic rings. The second-order valence-electron chi connectivity index (χ2n) is 4.00. The predicted molar refractivity (Wildman–Crippen MR) is 70.2 cm³/mol. The van der Waals surface area contributed by atoms with Crippen LogP contribution in [0.5, 0.6) is 0 Å². The van der Waals surface area contributed by atoms with Gasteiger partial charge in [0.05, 0.1) is 6.04 Å². The van der Waals surface area contributed by atoms with Crippen molar-refractivity contribution in [3.63, 3.8) is 0 Å². The van der Waals surface area contributed by atoms with Crippen LogP contribution in [-0.2, 0) is 14.4 Å². The summed E-state index contributed by atoms with van der Waals surface area (Å²) in [5.74, 6) is 0.531. The topological polar surface area (TPSA) is 54.5 Å². The van der Waals surface area contributed by atoms with E-state index >= 15 is 0 Å². The average Bonchev–Trinajstić information content (AvgIpc) is 2.31. The Bertz CT molecular complexity index is 291. The lowest BCUT2D eigenvalue weighted by Crippen LogP contribution is -2.44. The van der Waals surface area contributed by atoms with Crippen molar-refractivity contribution in [2.45, 2.75) is 39.2 Å². The van der Waals surface area contributed by atoms with Crippen LogP contribution >= 0.6 is 11.8 Å². The van der Waals surface area contributed by atoms with Crippen LogP contribution in [-0.4, -0.2) is 47.5 Å². The lowest BCUT2D eigenvalue weighted by molar-refractivity contribution is -0.138. The van der Waals surface area contributed by atoms with Gasteiger partial charge in [-0.3, -0.25) is 9.59 Å². The van der Waals surface area contributed by atoms with Crippen LogP contribution in [0.4, 0.5) is 0 Å². The van der Waals surface area contributed by atoms with E-state index in [1.54, 1.807) is 25.7 Å². The average molecular weight is 259 g/mol. The summed E-state index contributed by atoms with van der Waals surface area (Å²) >= 11 is 1.54. The van der Waals surface area contributed by atoms with E-state index in [-0.39, 0.29) is 36.4 Å².